The maximum atomic E-state index is 11.5. The van der Waals surface area contributed by atoms with Crippen molar-refractivity contribution in [1.82, 2.24) is 9.80 Å². The van der Waals surface area contributed by atoms with Crippen LogP contribution in [0.2, 0.25) is 0 Å². The van der Waals surface area contributed by atoms with Gasteiger partial charge in [-0.05, 0) is 25.9 Å². The maximum Gasteiger partial charge on any atom is 0.236 e. The second kappa shape index (κ2) is 5.42. The molecular weight excluding hydrogens is 210 g/mol. The molecule has 0 atom stereocenters. The second-order valence-corrected chi connectivity index (χ2v) is 4.71. The van der Waals surface area contributed by atoms with Crippen LogP contribution in [0.5, 0.6) is 0 Å². The van der Waals surface area contributed by atoms with Crippen molar-refractivity contribution in [3.05, 3.63) is 0 Å². The molecule has 0 spiro atoms. The van der Waals surface area contributed by atoms with Crippen LogP contribution in [-0.2, 0) is 4.79 Å². The molecule has 0 unspecified atom stereocenters. The van der Waals surface area contributed by atoms with Gasteiger partial charge >= 0.3 is 0 Å². The van der Waals surface area contributed by atoms with Gasteiger partial charge in [0.15, 0.2) is 0 Å². The van der Waals surface area contributed by atoms with Gasteiger partial charge in [-0.25, -0.2) is 0 Å². The highest BCUT2D eigenvalue weighted by Crippen LogP contribution is 2.16. The van der Waals surface area contributed by atoms with Gasteiger partial charge in [0, 0.05) is 20.0 Å². The Bertz CT molecular complexity index is 247. The zero-order valence-corrected chi connectivity index (χ0v) is 10.2. The van der Waals surface area contributed by atoms with Gasteiger partial charge < -0.3 is 10.6 Å². The molecule has 1 saturated heterocycles. The van der Waals surface area contributed by atoms with Gasteiger partial charge in [-0.1, -0.05) is 12.2 Å². The monoisotopic (exact) mass is 229 g/mol. The van der Waals surface area contributed by atoms with Crippen LogP contribution in [0.3, 0.4) is 0 Å². The summed E-state index contributed by atoms with van der Waals surface area (Å²) in [7, 11) is 3.56. The number of likely N-dealkylation sites (tertiary alicyclic amines) is 1. The lowest BCUT2D eigenvalue weighted by molar-refractivity contribution is -0.130. The summed E-state index contributed by atoms with van der Waals surface area (Å²) in [6.07, 6.45) is 1.96. The van der Waals surface area contributed by atoms with Crippen molar-refractivity contribution in [1.29, 1.82) is 0 Å². The summed E-state index contributed by atoms with van der Waals surface area (Å²) in [5, 5.41) is 0. The molecule has 1 heterocycles. The summed E-state index contributed by atoms with van der Waals surface area (Å²) in [4.78, 5) is 15.9. The Morgan fingerprint density at radius 1 is 1.47 bits per heavy atom. The standard InChI is InChI=1S/C10H19N3OS/c1-12(2)9(14)7-13-5-3-8(4-6-13)10(11)15/h8H,3-7H2,1-2H3,(H2,11,15). The lowest BCUT2D eigenvalue weighted by Crippen LogP contribution is -2.43. The average Bonchev–Trinajstić information content (AvgIpc) is 2.18. The highest BCUT2D eigenvalue weighted by atomic mass is 32.1. The topological polar surface area (TPSA) is 49.6 Å². The molecule has 0 saturated carbocycles. The number of hydrogen-bond acceptors (Lipinski definition) is 3. The highest BCUT2D eigenvalue weighted by Gasteiger charge is 2.22. The first-order valence-corrected chi connectivity index (χ1v) is 5.63. The molecule has 2 N–H and O–H groups in total. The number of piperidine rings is 1. The lowest BCUT2D eigenvalue weighted by atomic mass is 9.97. The number of nitrogens with two attached hydrogens (primary N) is 1. The summed E-state index contributed by atoms with van der Waals surface area (Å²) in [5.41, 5.74) is 5.60. The molecule has 86 valence electrons. The van der Waals surface area contributed by atoms with E-state index in [-0.39, 0.29) is 5.91 Å². The van der Waals surface area contributed by atoms with E-state index in [9.17, 15) is 4.79 Å². The van der Waals surface area contributed by atoms with E-state index in [1.165, 1.54) is 0 Å². The molecule has 0 aliphatic carbocycles. The Labute approximate surface area is 96.4 Å². The Hall–Kier alpha value is -0.680. The third-order valence-electron chi connectivity index (χ3n) is 2.85. The van der Waals surface area contributed by atoms with Crippen molar-refractivity contribution in [2.45, 2.75) is 12.8 Å². The number of likely N-dealkylation sites (N-methyl/N-ethyl adjacent to an activating group) is 1. The van der Waals surface area contributed by atoms with E-state index in [1.54, 1.807) is 19.0 Å². The third kappa shape index (κ3) is 3.76. The molecule has 4 nitrogen and oxygen atoms in total. The highest BCUT2D eigenvalue weighted by molar-refractivity contribution is 7.80. The first-order chi connectivity index (χ1) is 7.00. The number of thiocarbonyl (C=S) groups is 1. The first-order valence-electron chi connectivity index (χ1n) is 5.22. The SMILES string of the molecule is CN(C)C(=O)CN1CCC(C(N)=S)CC1. The fourth-order valence-corrected chi connectivity index (χ4v) is 1.94. The Kier molecular flexibility index (Phi) is 4.47. The minimum Gasteiger partial charge on any atom is -0.393 e. The Morgan fingerprint density at radius 3 is 2.40 bits per heavy atom. The van der Waals surface area contributed by atoms with Gasteiger partial charge in [0.05, 0.1) is 11.5 Å². The molecule has 0 aromatic carbocycles. The predicted octanol–water partition coefficient (Wildman–Crippen LogP) is 0.0727. The average molecular weight is 229 g/mol. The Morgan fingerprint density at radius 2 is 2.00 bits per heavy atom. The van der Waals surface area contributed by atoms with E-state index < -0.39 is 0 Å². The van der Waals surface area contributed by atoms with Crippen molar-refractivity contribution in [2.75, 3.05) is 33.7 Å². The molecule has 0 radical (unpaired) electrons. The Balaban J connectivity index is 2.32. The van der Waals surface area contributed by atoms with Gasteiger partial charge in [0.25, 0.3) is 0 Å². The van der Waals surface area contributed by atoms with E-state index in [4.69, 9.17) is 18.0 Å². The summed E-state index contributed by atoms with van der Waals surface area (Å²) in [6, 6.07) is 0. The second-order valence-electron chi connectivity index (χ2n) is 4.24. The van der Waals surface area contributed by atoms with Gasteiger partial charge in [-0.2, -0.15) is 0 Å². The van der Waals surface area contributed by atoms with Crippen LogP contribution in [0.15, 0.2) is 0 Å². The number of amides is 1. The van der Waals surface area contributed by atoms with Crippen LogP contribution in [-0.4, -0.2) is 54.4 Å². The molecular formula is C10H19N3OS. The van der Waals surface area contributed by atoms with Crippen molar-refractivity contribution in [2.24, 2.45) is 11.7 Å². The summed E-state index contributed by atoms with van der Waals surface area (Å²) < 4.78 is 0. The molecule has 5 heteroatoms. The lowest BCUT2D eigenvalue weighted by Gasteiger charge is -2.31. The number of hydrogen-bond donors (Lipinski definition) is 1. The number of nitrogens with zero attached hydrogens (tertiary/aromatic N) is 2. The van der Waals surface area contributed by atoms with Crippen LogP contribution in [0, 0.1) is 5.92 Å². The number of rotatable bonds is 3. The minimum absolute atomic E-state index is 0.156. The van der Waals surface area contributed by atoms with Crippen LogP contribution in [0.1, 0.15) is 12.8 Å². The first kappa shape index (κ1) is 12.4. The van der Waals surface area contributed by atoms with Gasteiger partial charge in [-0.15, -0.1) is 0 Å². The number of carbonyl (C=O) groups excluding carboxylic acids is 1. The molecule has 1 aliphatic heterocycles. The normalized spacial score (nSPS) is 18.8. The summed E-state index contributed by atoms with van der Waals surface area (Å²) >= 11 is 4.97. The molecule has 1 amide bonds. The van der Waals surface area contributed by atoms with Gasteiger partial charge in [0.2, 0.25) is 5.91 Å². The quantitative estimate of drug-likeness (QED) is 0.696. The number of carbonyl (C=O) groups is 1. The summed E-state index contributed by atoms with van der Waals surface area (Å²) in [5.74, 6) is 0.523. The van der Waals surface area contributed by atoms with E-state index in [0.29, 0.717) is 17.5 Å². The predicted molar refractivity (Wildman–Crippen MR) is 64.6 cm³/mol. The van der Waals surface area contributed by atoms with E-state index in [1.807, 2.05) is 0 Å². The fourth-order valence-electron chi connectivity index (χ4n) is 1.71. The van der Waals surface area contributed by atoms with Crippen LogP contribution in [0.4, 0.5) is 0 Å². The molecule has 0 aromatic heterocycles. The molecule has 1 fully saturated rings. The van der Waals surface area contributed by atoms with Crippen molar-refractivity contribution in [3.63, 3.8) is 0 Å². The molecule has 1 rings (SSSR count). The zero-order chi connectivity index (χ0) is 11.4. The van der Waals surface area contributed by atoms with Crippen molar-refractivity contribution in [3.8, 4) is 0 Å². The van der Waals surface area contributed by atoms with E-state index in [0.717, 1.165) is 25.9 Å². The molecule has 0 aromatic rings. The third-order valence-corrected chi connectivity index (χ3v) is 3.18. The van der Waals surface area contributed by atoms with Crippen LogP contribution < -0.4 is 5.73 Å². The minimum atomic E-state index is 0.156. The van der Waals surface area contributed by atoms with Crippen molar-refractivity contribution >= 4 is 23.1 Å². The van der Waals surface area contributed by atoms with E-state index >= 15 is 0 Å². The molecule has 0 bridgehead atoms. The van der Waals surface area contributed by atoms with E-state index in [2.05, 4.69) is 4.90 Å². The fraction of sp³-hybridized carbons (Fsp3) is 0.800. The van der Waals surface area contributed by atoms with Gasteiger partial charge in [0.1, 0.15) is 0 Å². The molecule has 1 aliphatic rings. The molecule has 15 heavy (non-hydrogen) atoms. The van der Waals surface area contributed by atoms with Crippen molar-refractivity contribution < 1.29 is 4.79 Å². The smallest absolute Gasteiger partial charge is 0.236 e. The van der Waals surface area contributed by atoms with Gasteiger partial charge in [-0.3, -0.25) is 9.69 Å². The zero-order valence-electron chi connectivity index (χ0n) is 9.40. The maximum absolute atomic E-state index is 11.5. The van der Waals surface area contributed by atoms with Crippen LogP contribution in [0.25, 0.3) is 0 Å². The largest absolute Gasteiger partial charge is 0.393 e. The summed E-state index contributed by atoms with van der Waals surface area (Å²) in [6.45, 7) is 2.35. The van der Waals surface area contributed by atoms with Crippen LogP contribution >= 0.6 is 12.2 Å².